The highest BCUT2D eigenvalue weighted by Crippen LogP contribution is 2.25. The molecule has 0 heterocycles. The van der Waals surface area contributed by atoms with Crippen molar-refractivity contribution in [3.63, 3.8) is 0 Å². The number of rotatable bonds is 6. The van der Waals surface area contributed by atoms with Crippen LogP contribution in [0.15, 0.2) is 42.6 Å². The minimum absolute atomic E-state index is 0.114. The molecule has 0 spiro atoms. The molecule has 1 heteroatoms. The first-order valence-corrected chi connectivity index (χ1v) is 5.06. The molecule has 14 heavy (non-hydrogen) atoms. The molecule has 0 aromatic heterocycles. The number of allylic oxidation sites excluding steroid dienone is 3. The second kappa shape index (κ2) is 6.36. The van der Waals surface area contributed by atoms with Crippen molar-refractivity contribution in [1.29, 1.82) is 0 Å². The average Bonchev–Trinajstić information content (AvgIpc) is 2.11. The average molecular weight is 191 g/mol. The molecule has 0 fully saturated rings. The molecule has 0 unspecified atom stereocenters. The molecule has 1 nitrogen and oxygen atoms in total. The SMILES string of the molecule is C=C/C=C\C(=NC=C)C(C)(C)CCC. The van der Waals surface area contributed by atoms with E-state index in [1.54, 1.807) is 12.3 Å². The first-order valence-electron chi connectivity index (χ1n) is 5.06. The van der Waals surface area contributed by atoms with Crippen LogP contribution in [0.5, 0.6) is 0 Å². The number of aliphatic imine (C=N–C) groups is 1. The van der Waals surface area contributed by atoms with Crippen LogP contribution in [-0.4, -0.2) is 5.71 Å². The Bertz CT molecular complexity index is 244. The zero-order valence-corrected chi connectivity index (χ0v) is 9.59. The maximum Gasteiger partial charge on any atom is 0.0459 e. The van der Waals surface area contributed by atoms with Gasteiger partial charge in [0.05, 0.1) is 0 Å². The minimum Gasteiger partial charge on any atom is -0.261 e. The van der Waals surface area contributed by atoms with Gasteiger partial charge in [-0.2, -0.15) is 0 Å². The maximum atomic E-state index is 4.30. The standard InChI is InChI=1S/C13H21N/c1-6-9-10-12(14-8-3)13(4,5)11-7-2/h6,8-10H,1,3,7,11H2,2,4-5H3/b10-9-,14-12?. The molecular weight excluding hydrogens is 170 g/mol. The summed E-state index contributed by atoms with van der Waals surface area (Å²) < 4.78 is 0. The number of hydrogen-bond acceptors (Lipinski definition) is 1. The molecule has 0 amide bonds. The van der Waals surface area contributed by atoms with E-state index in [2.05, 4.69) is 38.9 Å². The van der Waals surface area contributed by atoms with E-state index in [0.717, 1.165) is 18.6 Å². The lowest BCUT2D eigenvalue weighted by atomic mass is 9.82. The van der Waals surface area contributed by atoms with Crippen LogP contribution in [0, 0.1) is 5.41 Å². The van der Waals surface area contributed by atoms with Crippen molar-refractivity contribution in [2.24, 2.45) is 10.4 Å². The lowest BCUT2D eigenvalue weighted by Crippen LogP contribution is -2.22. The molecule has 0 N–H and O–H groups in total. The van der Waals surface area contributed by atoms with E-state index in [1.165, 1.54) is 0 Å². The number of nitrogens with zero attached hydrogens (tertiary/aromatic N) is 1. The first kappa shape index (κ1) is 12.9. The van der Waals surface area contributed by atoms with E-state index < -0.39 is 0 Å². The van der Waals surface area contributed by atoms with Crippen molar-refractivity contribution in [2.75, 3.05) is 0 Å². The molecule has 0 aliphatic carbocycles. The Kier molecular flexibility index (Phi) is 5.86. The van der Waals surface area contributed by atoms with E-state index in [4.69, 9.17) is 0 Å². The zero-order chi connectivity index (χ0) is 11.0. The van der Waals surface area contributed by atoms with Gasteiger partial charge in [0.2, 0.25) is 0 Å². The van der Waals surface area contributed by atoms with Crippen LogP contribution >= 0.6 is 0 Å². The topological polar surface area (TPSA) is 12.4 Å². The molecule has 0 atom stereocenters. The predicted molar refractivity (Wildman–Crippen MR) is 65.7 cm³/mol. The fourth-order valence-corrected chi connectivity index (χ4v) is 1.45. The molecule has 0 bridgehead atoms. The van der Waals surface area contributed by atoms with Gasteiger partial charge in [0, 0.05) is 17.3 Å². The van der Waals surface area contributed by atoms with Crippen LogP contribution in [0.2, 0.25) is 0 Å². The second-order valence-electron chi connectivity index (χ2n) is 3.93. The predicted octanol–water partition coefficient (Wildman–Crippen LogP) is 4.14. The fraction of sp³-hybridized carbons (Fsp3) is 0.462. The molecule has 0 saturated heterocycles. The van der Waals surface area contributed by atoms with Crippen molar-refractivity contribution in [1.82, 2.24) is 0 Å². The van der Waals surface area contributed by atoms with E-state index in [9.17, 15) is 0 Å². The third kappa shape index (κ3) is 4.22. The molecule has 0 aliphatic rings. The maximum absolute atomic E-state index is 4.30. The Balaban J connectivity index is 4.80. The van der Waals surface area contributed by atoms with Gasteiger partial charge in [0.1, 0.15) is 0 Å². The van der Waals surface area contributed by atoms with E-state index >= 15 is 0 Å². The Hall–Kier alpha value is -1.11. The molecule has 0 rings (SSSR count). The highest BCUT2D eigenvalue weighted by Gasteiger charge is 2.21. The minimum atomic E-state index is 0.114. The van der Waals surface area contributed by atoms with Gasteiger partial charge in [-0.1, -0.05) is 52.5 Å². The summed E-state index contributed by atoms with van der Waals surface area (Å²) in [5, 5.41) is 0. The summed E-state index contributed by atoms with van der Waals surface area (Å²) in [7, 11) is 0. The summed E-state index contributed by atoms with van der Waals surface area (Å²) in [5.41, 5.74) is 1.18. The van der Waals surface area contributed by atoms with Crippen LogP contribution < -0.4 is 0 Å². The third-order valence-electron chi connectivity index (χ3n) is 2.19. The summed E-state index contributed by atoms with van der Waals surface area (Å²) in [5.74, 6) is 0. The highest BCUT2D eigenvalue weighted by atomic mass is 14.7. The van der Waals surface area contributed by atoms with Crippen LogP contribution in [0.1, 0.15) is 33.6 Å². The lowest BCUT2D eigenvalue weighted by molar-refractivity contribution is 0.471. The van der Waals surface area contributed by atoms with E-state index in [-0.39, 0.29) is 5.41 Å². The van der Waals surface area contributed by atoms with Gasteiger partial charge in [0.15, 0.2) is 0 Å². The number of hydrogen-bond donors (Lipinski definition) is 0. The summed E-state index contributed by atoms with van der Waals surface area (Å²) >= 11 is 0. The monoisotopic (exact) mass is 191 g/mol. The highest BCUT2D eigenvalue weighted by molar-refractivity contribution is 5.99. The second-order valence-corrected chi connectivity index (χ2v) is 3.93. The van der Waals surface area contributed by atoms with Gasteiger partial charge in [-0.15, -0.1) is 0 Å². The van der Waals surface area contributed by atoms with Gasteiger partial charge < -0.3 is 0 Å². The molecule has 0 aliphatic heterocycles. The third-order valence-corrected chi connectivity index (χ3v) is 2.19. The van der Waals surface area contributed by atoms with Crippen molar-refractivity contribution in [3.05, 3.63) is 37.6 Å². The van der Waals surface area contributed by atoms with Crippen molar-refractivity contribution in [2.45, 2.75) is 33.6 Å². The van der Waals surface area contributed by atoms with Crippen LogP contribution in [0.25, 0.3) is 0 Å². The van der Waals surface area contributed by atoms with Crippen molar-refractivity contribution >= 4 is 5.71 Å². The van der Waals surface area contributed by atoms with E-state index in [1.807, 2.05) is 12.2 Å². The Morgan fingerprint density at radius 1 is 1.36 bits per heavy atom. The Morgan fingerprint density at radius 3 is 2.43 bits per heavy atom. The summed E-state index contributed by atoms with van der Waals surface area (Å²) in [6, 6.07) is 0. The van der Waals surface area contributed by atoms with Crippen LogP contribution in [-0.2, 0) is 0 Å². The summed E-state index contributed by atoms with van der Waals surface area (Å²) in [6.07, 6.45) is 9.57. The summed E-state index contributed by atoms with van der Waals surface area (Å²) in [4.78, 5) is 4.30. The van der Waals surface area contributed by atoms with Crippen molar-refractivity contribution < 1.29 is 0 Å². The molecule has 0 aromatic rings. The normalized spacial score (nSPS) is 13.2. The lowest BCUT2D eigenvalue weighted by Gasteiger charge is -2.23. The molecule has 0 aromatic carbocycles. The largest absolute Gasteiger partial charge is 0.261 e. The molecule has 0 radical (unpaired) electrons. The van der Waals surface area contributed by atoms with E-state index in [0.29, 0.717) is 0 Å². The van der Waals surface area contributed by atoms with Crippen LogP contribution in [0.4, 0.5) is 0 Å². The smallest absolute Gasteiger partial charge is 0.0459 e. The van der Waals surface area contributed by atoms with Gasteiger partial charge >= 0.3 is 0 Å². The van der Waals surface area contributed by atoms with Crippen molar-refractivity contribution in [3.8, 4) is 0 Å². The Labute approximate surface area is 87.9 Å². The van der Waals surface area contributed by atoms with Gasteiger partial charge in [-0.05, 0) is 12.5 Å². The summed E-state index contributed by atoms with van der Waals surface area (Å²) in [6.45, 7) is 13.9. The van der Waals surface area contributed by atoms with Gasteiger partial charge in [0.25, 0.3) is 0 Å². The Morgan fingerprint density at radius 2 is 2.00 bits per heavy atom. The quantitative estimate of drug-likeness (QED) is 0.442. The fourth-order valence-electron chi connectivity index (χ4n) is 1.45. The first-order chi connectivity index (χ1) is 6.58. The molecule has 78 valence electrons. The molecular formula is C13H21N. The van der Waals surface area contributed by atoms with Gasteiger partial charge in [-0.25, -0.2) is 0 Å². The molecule has 0 saturated carbocycles. The van der Waals surface area contributed by atoms with Crippen LogP contribution in [0.3, 0.4) is 0 Å². The van der Waals surface area contributed by atoms with Gasteiger partial charge in [-0.3, -0.25) is 4.99 Å². The zero-order valence-electron chi connectivity index (χ0n) is 9.59.